The molecule has 0 aromatic carbocycles. The number of fused-ring (bicyclic) bond motifs is 2. The fourth-order valence-corrected chi connectivity index (χ4v) is 4.54. The van der Waals surface area contributed by atoms with Gasteiger partial charge in [0, 0.05) is 12.2 Å². The minimum Gasteiger partial charge on any atom is -0.373 e. The predicted octanol–water partition coefficient (Wildman–Crippen LogP) is 3.97. The number of allylic oxidation sites excluding steroid dienone is 3. The Balaban J connectivity index is 1.43. The molecule has 1 N–H and O–H groups in total. The normalized spacial score (nSPS) is 38.1. The third-order valence-electron chi connectivity index (χ3n) is 5.74. The number of nitrogens with zero attached hydrogens (tertiary/aromatic N) is 1. The number of piperidine rings is 2. The molecule has 4 aliphatic rings. The number of hydrogen-bond donors (Lipinski definition) is 1. The van der Waals surface area contributed by atoms with E-state index in [1.165, 1.54) is 64.3 Å². The van der Waals surface area contributed by atoms with E-state index in [0.29, 0.717) is 6.17 Å². The molecule has 0 aromatic heterocycles. The zero-order valence-corrected chi connectivity index (χ0v) is 12.5. The van der Waals surface area contributed by atoms with Gasteiger partial charge in [-0.2, -0.15) is 0 Å². The van der Waals surface area contributed by atoms with Crippen LogP contribution in [0.1, 0.15) is 57.8 Å². The largest absolute Gasteiger partial charge is 0.373 e. The SMILES string of the molecule is [CH]1C2=CCCCC2CCN1C1CCC2CCCC=C2N1. The van der Waals surface area contributed by atoms with Crippen molar-refractivity contribution >= 4 is 0 Å². The van der Waals surface area contributed by atoms with Gasteiger partial charge in [0.15, 0.2) is 0 Å². The molecule has 2 aliphatic heterocycles. The van der Waals surface area contributed by atoms with Crippen molar-refractivity contribution in [3.63, 3.8) is 0 Å². The van der Waals surface area contributed by atoms with Crippen molar-refractivity contribution in [2.24, 2.45) is 11.8 Å². The standard InChI is InChI=1S/C18H27N2/c1-2-7-16-13-20(12-11-14(16)5-1)18-10-9-15-6-3-4-8-17(15)19-18/h7-8,13-15,18-19H,1-6,9-12H2. The summed E-state index contributed by atoms with van der Waals surface area (Å²) in [6, 6.07) is 0. The lowest BCUT2D eigenvalue weighted by Crippen LogP contribution is -2.51. The molecule has 2 heteroatoms. The van der Waals surface area contributed by atoms with Crippen molar-refractivity contribution in [2.45, 2.75) is 64.0 Å². The van der Waals surface area contributed by atoms with E-state index in [4.69, 9.17) is 0 Å². The molecule has 20 heavy (non-hydrogen) atoms. The Morgan fingerprint density at radius 3 is 2.70 bits per heavy atom. The fraction of sp³-hybridized carbons (Fsp3) is 0.722. The smallest absolute Gasteiger partial charge is 0.0796 e. The Morgan fingerprint density at radius 1 is 0.900 bits per heavy atom. The molecule has 3 atom stereocenters. The second-order valence-corrected chi connectivity index (χ2v) is 7.01. The van der Waals surface area contributed by atoms with Crippen molar-refractivity contribution in [1.29, 1.82) is 0 Å². The topological polar surface area (TPSA) is 15.3 Å². The monoisotopic (exact) mass is 271 g/mol. The van der Waals surface area contributed by atoms with E-state index >= 15 is 0 Å². The van der Waals surface area contributed by atoms with Gasteiger partial charge in [0.2, 0.25) is 0 Å². The van der Waals surface area contributed by atoms with Crippen molar-refractivity contribution in [3.05, 3.63) is 30.0 Å². The van der Waals surface area contributed by atoms with E-state index in [-0.39, 0.29) is 0 Å². The van der Waals surface area contributed by atoms with Crippen LogP contribution in [0.15, 0.2) is 23.4 Å². The summed E-state index contributed by atoms with van der Waals surface area (Å²) < 4.78 is 0. The molecule has 2 aliphatic carbocycles. The van der Waals surface area contributed by atoms with Crippen molar-refractivity contribution < 1.29 is 0 Å². The van der Waals surface area contributed by atoms with Crippen LogP contribution in [0.3, 0.4) is 0 Å². The quantitative estimate of drug-likeness (QED) is 0.776. The predicted molar refractivity (Wildman–Crippen MR) is 82.6 cm³/mol. The van der Waals surface area contributed by atoms with Crippen molar-refractivity contribution in [3.8, 4) is 0 Å². The molecule has 0 amide bonds. The van der Waals surface area contributed by atoms with Gasteiger partial charge < -0.3 is 5.32 Å². The highest BCUT2D eigenvalue weighted by atomic mass is 15.3. The van der Waals surface area contributed by atoms with Gasteiger partial charge in [0.25, 0.3) is 0 Å². The highest BCUT2D eigenvalue weighted by Crippen LogP contribution is 2.37. The molecule has 0 bridgehead atoms. The van der Waals surface area contributed by atoms with Crippen LogP contribution in [0.2, 0.25) is 0 Å². The van der Waals surface area contributed by atoms with E-state index < -0.39 is 0 Å². The summed E-state index contributed by atoms with van der Waals surface area (Å²) in [6.45, 7) is 3.73. The number of likely N-dealkylation sites (tertiary alicyclic amines) is 1. The van der Waals surface area contributed by atoms with E-state index in [9.17, 15) is 0 Å². The van der Waals surface area contributed by atoms with Crippen LogP contribution in [0.4, 0.5) is 0 Å². The summed E-state index contributed by atoms with van der Waals surface area (Å²) in [5.41, 5.74) is 3.18. The first kappa shape index (κ1) is 12.9. The summed E-state index contributed by atoms with van der Waals surface area (Å²) in [5.74, 6) is 1.71. The molecule has 0 spiro atoms. The molecule has 2 saturated heterocycles. The zero-order chi connectivity index (χ0) is 13.4. The van der Waals surface area contributed by atoms with Gasteiger partial charge in [-0.15, -0.1) is 0 Å². The van der Waals surface area contributed by atoms with Crippen LogP contribution in [0.25, 0.3) is 0 Å². The van der Waals surface area contributed by atoms with Crippen LogP contribution in [-0.4, -0.2) is 17.6 Å². The Labute approximate surface area is 123 Å². The molecule has 4 rings (SSSR count). The molecule has 2 heterocycles. The second kappa shape index (κ2) is 5.55. The molecule has 3 unspecified atom stereocenters. The summed E-state index contributed by atoms with van der Waals surface area (Å²) in [4.78, 5) is 2.60. The van der Waals surface area contributed by atoms with Gasteiger partial charge in [0.05, 0.1) is 12.7 Å². The highest BCUT2D eigenvalue weighted by molar-refractivity contribution is 5.22. The molecular weight excluding hydrogens is 244 g/mol. The van der Waals surface area contributed by atoms with Crippen molar-refractivity contribution in [2.75, 3.05) is 6.54 Å². The van der Waals surface area contributed by atoms with Crippen LogP contribution in [0.5, 0.6) is 0 Å². The zero-order valence-electron chi connectivity index (χ0n) is 12.5. The third-order valence-corrected chi connectivity index (χ3v) is 5.74. The first-order valence-corrected chi connectivity index (χ1v) is 8.67. The number of rotatable bonds is 1. The van der Waals surface area contributed by atoms with Gasteiger partial charge in [-0.3, -0.25) is 4.90 Å². The highest BCUT2D eigenvalue weighted by Gasteiger charge is 2.33. The van der Waals surface area contributed by atoms with Crippen LogP contribution in [-0.2, 0) is 0 Å². The Bertz CT molecular complexity index is 383. The van der Waals surface area contributed by atoms with E-state index in [1.807, 2.05) is 0 Å². The molecule has 1 radical (unpaired) electrons. The van der Waals surface area contributed by atoms with Gasteiger partial charge in [-0.05, 0) is 69.6 Å². The average molecular weight is 271 g/mol. The Hall–Kier alpha value is -0.760. The third kappa shape index (κ3) is 2.43. The number of hydrogen-bond acceptors (Lipinski definition) is 2. The Kier molecular flexibility index (Phi) is 3.59. The Morgan fingerprint density at radius 2 is 1.75 bits per heavy atom. The molecule has 0 saturated carbocycles. The maximum absolute atomic E-state index is 3.85. The number of nitrogens with one attached hydrogen (secondary N) is 1. The second-order valence-electron chi connectivity index (χ2n) is 7.01. The van der Waals surface area contributed by atoms with E-state index in [0.717, 1.165) is 11.8 Å². The van der Waals surface area contributed by atoms with Gasteiger partial charge >= 0.3 is 0 Å². The van der Waals surface area contributed by atoms with Crippen LogP contribution < -0.4 is 5.32 Å². The van der Waals surface area contributed by atoms with E-state index in [2.05, 4.69) is 28.9 Å². The maximum atomic E-state index is 3.85. The van der Waals surface area contributed by atoms with Crippen LogP contribution >= 0.6 is 0 Å². The van der Waals surface area contributed by atoms with Gasteiger partial charge in [-0.1, -0.05) is 17.7 Å². The summed E-state index contributed by atoms with van der Waals surface area (Å²) in [7, 11) is 0. The lowest BCUT2D eigenvalue weighted by molar-refractivity contribution is 0.143. The first-order chi connectivity index (χ1) is 9.90. The molecular formula is C18H27N2. The van der Waals surface area contributed by atoms with Crippen molar-refractivity contribution in [1.82, 2.24) is 10.2 Å². The molecule has 0 aromatic rings. The van der Waals surface area contributed by atoms with Gasteiger partial charge in [-0.25, -0.2) is 0 Å². The summed E-state index contributed by atoms with van der Waals surface area (Å²) >= 11 is 0. The first-order valence-electron chi connectivity index (χ1n) is 8.67. The average Bonchev–Trinajstić information content (AvgIpc) is 2.54. The van der Waals surface area contributed by atoms with Crippen LogP contribution in [0, 0.1) is 18.4 Å². The van der Waals surface area contributed by atoms with Gasteiger partial charge in [0.1, 0.15) is 0 Å². The molecule has 2 fully saturated rings. The van der Waals surface area contributed by atoms with E-state index in [1.54, 1.807) is 11.3 Å². The molecule has 2 nitrogen and oxygen atoms in total. The molecule has 109 valence electrons. The minimum absolute atomic E-state index is 0.555. The minimum atomic E-state index is 0.555. The lowest BCUT2D eigenvalue weighted by atomic mass is 9.81. The summed E-state index contributed by atoms with van der Waals surface area (Å²) in [5, 5.41) is 3.85. The fourth-order valence-electron chi connectivity index (χ4n) is 4.54. The maximum Gasteiger partial charge on any atom is 0.0796 e. The summed E-state index contributed by atoms with van der Waals surface area (Å²) in [6.07, 6.45) is 17.8. The lowest BCUT2D eigenvalue weighted by Gasteiger charge is -2.44.